The van der Waals surface area contributed by atoms with E-state index in [0.29, 0.717) is 17.0 Å². The lowest BCUT2D eigenvalue weighted by Crippen LogP contribution is -2.14. The van der Waals surface area contributed by atoms with E-state index in [4.69, 9.17) is 17.2 Å². The van der Waals surface area contributed by atoms with Gasteiger partial charge in [-0.2, -0.15) is 0 Å². The van der Waals surface area contributed by atoms with Crippen molar-refractivity contribution in [1.82, 2.24) is 0 Å². The lowest BCUT2D eigenvalue weighted by molar-refractivity contribution is 0.447. The fourth-order valence-electron chi connectivity index (χ4n) is 4.01. The molecule has 42 heavy (non-hydrogen) atoms. The number of anilines is 3. The molecule has 0 bridgehead atoms. The second kappa shape index (κ2) is 15.1. The maximum atomic E-state index is 13.2. The van der Waals surface area contributed by atoms with E-state index < -0.39 is 0 Å². The van der Waals surface area contributed by atoms with Crippen molar-refractivity contribution in [3.8, 4) is 5.75 Å². The number of thiophene rings is 1. The van der Waals surface area contributed by atoms with Crippen LogP contribution in [0.2, 0.25) is 0 Å². The van der Waals surface area contributed by atoms with Crippen LogP contribution in [0.4, 0.5) is 21.5 Å². The molecule has 230 valence electrons. The summed E-state index contributed by atoms with van der Waals surface area (Å²) < 4.78 is 13.2. The standard InChI is InChI=1S/C11H16FN.C10H15N.C10H14O.C5H7NS/c1-7-5-10(13)8(6-9(7)12)11(2,3)4;2*1-10(2,3)8-6-4-5-7-9(8)11;1-4-2-7-3-5(4)6/h5-6H,13H2,1-4H3;4-7H,11H2,1-3H3;4-7,11H,1-3H3;2-3H,6H2,1H3. The number of phenolic OH excluding ortho intramolecular Hbond substituents is 1. The van der Waals surface area contributed by atoms with Gasteiger partial charge in [0, 0.05) is 22.4 Å². The number of nitrogens with two attached hydrogens (primary N) is 3. The molecule has 4 aromatic rings. The molecule has 0 amide bonds. The Balaban J connectivity index is 0.000000285. The molecule has 1 heterocycles. The van der Waals surface area contributed by atoms with Crippen molar-refractivity contribution in [2.75, 3.05) is 17.2 Å². The molecule has 4 rings (SSSR count). The summed E-state index contributed by atoms with van der Waals surface area (Å²) in [4.78, 5) is 0. The Hall–Kier alpha value is -3.51. The van der Waals surface area contributed by atoms with Crippen molar-refractivity contribution in [1.29, 1.82) is 0 Å². The molecule has 7 N–H and O–H groups in total. The maximum Gasteiger partial charge on any atom is 0.126 e. The average molecular weight is 594 g/mol. The van der Waals surface area contributed by atoms with Crippen LogP contribution in [0.5, 0.6) is 5.75 Å². The Morgan fingerprint density at radius 2 is 1.05 bits per heavy atom. The van der Waals surface area contributed by atoms with Gasteiger partial charge in [-0.25, -0.2) is 4.39 Å². The predicted molar refractivity (Wildman–Crippen MR) is 184 cm³/mol. The molecule has 0 spiro atoms. The van der Waals surface area contributed by atoms with Gasteiger partial charge >= 0.3 is 0 Å². The second-order valence-electron chi connectivity index (χ2n) is 13.6. The zero-order valence-electron chi connectivity index (χ0n) is 27.4. The number of hydrogen-bond acceptors (Lipinski definition) is 5. The number of halogens is 1. The largest absolute Gasteiger partial charge is 0.508 e. The minimum Gasteiger partial charge on any atom is -0.508 e. The van der Waals surface area contributed by atoms with Crippen LogP contribution in [0, 0.1) is 19.7 Å². The van der Waals surface area contributed by atoms with E-state index in [1.807, 2.05) is 74.9 Å². The Bertz CT molecular complexity index is 1330. The summed E-state index contributed by atoms with van der Waals surface area (Å²) in [6.45, 7) is 22.5. The summed E-state index contributed by atoms with van der Waals surface area (Å²) >= 11 is 1.64. The van der Waals surface area contributed by atoms with Crippen molar-refractivity contribution in [3.05, 3.63) is 105 Å². The van der Waals surface area contributed by atoms with Gasteiger partial charge in [0.25, 0.3) is 0 Å². The zero-order valence-corrected chi connectivity index (χ0v) is 28.2. The highest BCUT2D eigenvalue weighted by atomic mass is 32.1. The Labute approximate surface area is 257 Å². The first kappa shape index (κ1) is 36.5. The molecule has 0 aliphatic heterocycles. The summed E-state index contributed by atoms with van der Waals surface area (Å²) in [7, 11) is 0. The lowest BCUT2D eigenvalue weighted by Gasteiger charge is -2.21. The number of benzene rings is 3. The zero-order chi connectivity index (χ0) is 32.5. The average Bonchev–Trinajstić information content (AvgIpc) is 3.23. The van der Waals surface area contributed by atoms with E-state index in [2.05, 4.69) is 47.6 Å². The van der Waals surface area contributed by atoms with Crippen LogP contribution in [-0.4, -0.2) is 5.11 Å². The Kier molecular flexibility index (Phi) is 13.1. The van der Waals surface area contributed by atoms with Gasteiger partial charge in [-0.3, -0.25) is 0 Å². The summed E-state index contributed by atoms with van der Waals surface area (Å²) in [6, 6.07) is 18.7. The highest BCUT2D eigenvalue weighted by Crippen LogP contribution is 2.30. The van der Waals surface area contributed by atoms with Crippen LogP contribution < -0.4 is 17.2 Å². The molecule has 0 radical (unpaired) electrons. The first-order valence-electron chi connectivity index (χ1n) is 14.1. The highest BCUT2D eigenvalue weighted by molar-refractivity contribution is 7.08. The van der Waals surface area contributed by atoms with Crippen molar-refractivity contribution in [3.63, 3.8) is 0 Å². The van der Waals surface area contributed by atoms with Crippen LogP contribution >= 0.6 is 11.3 Å². The van der Waals surface area contributed by atoms with E-state index in [1.54, 1.807) is 30.4 Å². The molecule has 0 aliphatic rings. The minimum absolute atomic E-state index is 0.0331. The predicted octanol–water partition coefficient (Wildman–Crippen LogP) is 9.91. The van der Waals surface area contributed by atoms with Crippen LogP contribution in [-0.2, 0) is 16.2 Å². The van der Waals surface area contributed by atoms with Crippen LogP contribution in [0.15, 0.2) is 71.4 Å². The molecule has 3 aromatic carbocycles. The third-order valence-electron chi connectivity index (χ3n) is 6.51. The monoisotopic (exact) mass is 593 g/mol. The molecule has 0 atom stereocenters. The number of nitrogen functional groups attached to an aromatic ring is 3. The normalized spacial score (nSPS) is 11.2. The van der Waals surface area contributed by atoms with Gasteiger partial charge in [0.2, 0.25) is 0 Å². The van der Waals surface area contributed by atoms with E-state index >= 15 is 0 Å². The molecule has 6 heteroatoms. The van der Waals surface area contributed by atoms with E-state index in [-0.39, 0.29) is 22.1 Å². The quantitative estimate of drug-likeness (QED) is 0.153. The van der Waals surface area contributed by atoms with Crippen molar-refractivity contribution >= 4 is 28.4 Å². The van der Waals surface area contributed by atoms with Gasteiger partial charge in [-0.05, 0) is 87.6 Å². The van der Waals surface area contributed by atoms with Crippen LogP contribution in [0.3, 0.4) is 0 Å². The third-order valence-corrected chi connectivity index (χ3v) is 7.39. The molecule has 1 aromatic heterocycles. The Morgan fingerprint density at radius 3 is 1.38 bits per heavy atom. The highest BCUT2D eigenvalue weighted by Gasteiger charge is 2.19. The Morgan fingerprint density at radius 1 is 0.571 bits per heavy atom. The number of rotatable bonds is 0. The first-order valence-corrected chi connectivity index (χ1v) is 15.1. The van der Waals surface area contributed by atoms with E-state index in [0.717, 1.165) is 22.5 Å². The smallest absolute Gasteiger partial charge is 0.126 e. The SMILES string of the molecule is CC(C)(C)c1ccccc1N.CC(C)(C)c1ccccc1O.Cc1cc(N)c(C(C)(C)C)cc1F.Cc1cscc1N. The van der Waals surface area contributed by atoms with Crippen molar-refractivity contribution in [2.24, 2.45) is 0 Å². The number of para-hydroxylation sites is 2. The molecule has 0 fully saturated rings. The fourth-order valence-corrected chi connectivity index (χ4v) is 4.75. The molecular weight excluding hydrogens is 541 g/mol. The minimum atomic E-state index is -0.181. The number of hydrogen-bond donors (Lipinski definition) is 4. The summed E-state index contributed by atoms with van der Waals surface area (Å²) in [6.07, 6.45) is 0. The van der Waals surface area contributed by atoms with Gasteiger partial charge in [0.15, 0.2) is 0 Å². The fraction of sp³-hybridized carbons (Fsp3) is 0.389. The molecule has 0 saturated carbocycles. The van der Waals surface area contributed by atoms with Gasteiger partial charge in [0.1, 0.15) is 11.6 Å². The van der Waals surface area contributed by atoms with Crippen molar-refractivity contribution in [2.45, 2.75) is 92.4 Å². The number of aromatic hydroxyl groups is 1. The van der Waals surface area contributed by atoms with Gasteiger partial charge in [-0.1, -0.05) is 98.7 Å². The van der Waals surface area contributed by atoms with Gasteiger partial charge in [-0.15, -0.1) is 11.3 Å². The first-order chi connectivity index (χ1) is 19.2. The van der Waals surface area contributed by atoms with Gasteiger partial charge in [0.05, 0.1) is 0 Å². The second-order valence-corrected chi connectivity index (χ2v) is 14.3. The summed E-state index contributed by atoms with van der Waals surface area (Å²) in [5, 5.41) is 13.4. The van der Waals surface area contributed by atoms with Crippen LogP contribution in [0.1, 0.15) is 90.1 Å². The van der Waals surface area contributed by atoms with Crippen molar-refractivity contribution < 1.29 is 9.50 Å². The third kappa shape index (κ3) is 11.8. The lowest BCUT2D eigenvalue weighted by atomic mass is 9.85. The molecule has 0 aliphatic carbocycles. The number of phenols is 1. The van der Waals surface area contributed by atoms with Gasteiger partial charge < -0.3 is 22.3 Å². The van der Waals surface area contributed by atoms with Crippen LogP contribution in [0.25, 0.3) is 0 Å². The van der Waals surface area contributed by atoms with E-state index in [1.165, 1.54) is 17.2 Å². The summed E-state index contributed by atoms with van der Waals surface area (Å²) in [5.41, 5.74) is 24.5. The topological polar surface area (TPSA) is 98.3 Å². The number of aryl methyl sites for hydroxylation is 2. The summed E-state index contributed by atoms with van der Waals surface area (Å²) in [5.74, 6) is 0.208. The van der Waals surface area contributed by atoms with E-state index in [9.17, 15) is 9.50 Å². The molecule has 4 nitrogen and oxygen atoms in total. The molecule has 0 unspecified atom stereocenters. The molecular formula is C36H52FN3OS. The maximum absolute atomic E-state index is 13.2. The molecule has 0 saturated heterocycles.